The molecule has 6 nitrogen and oxygen atoms in total. The van der Waals surface area contributed by atoms with E-state index in [2.05, 4.69) is 56.1 Å². The van der Waals surface area contributed by atoms with Gasteiger partial charge >= 0.3 is 0 Å². The van der Waals surface area contributed by atoms with Crippen LogP contribution in [-0.4, -0.2) is 62.5 Å². The highest BCUT2D eigenvalue weighted by Crippen LogP contribution is 2.35. The summed E-state index contributed by atoms with van der Waals surface area (Å²) in [6.07, 6.45) is 3.75. The number of aliphatic imine (C=N–C) groups is 1. The first-order valence-electron chi connectivity index (χ1n) is 10.9. The normalized spacial score (nSPS) is 16.4. The molecule has 6 heteroatoms. The van der Waals surface area contributed by atoms with Crippen LogP contribution >= 0.6 is 0 Å². The van der Waals surface area contributed by atoms with Crippen LogP contribution < -0.4 is 9.64 Å². The zero-order valence-corrected chi connectivity index (χ0v) is 17.9. The Morgan fingerprint density at radius 3 is 2.52 bits per heavy atom. The van der Waals surface area contributed by atoms with Gasteiger partial charge in [-0.05, 0) is 17.7 Å². The third-order valence-electron chi connectivity index (χ3n) is 6.16. The van der Waals surface area contributed by atoms with Gasteiger partial charge in [0.25, 0.3) is 0 Å². The van der Waals surface area contributed by atoms with Crippen LogP contribution in [-0.2, 0) is 6.54 Å². The van der Waals surface area contributed by atoms with Crippen molar-refractivity contribution < 1.29 is 9.15 Å². The number of fused-ring (bicyclic) bond motifs is 1. The Morgan fingerprint density at radius 1 is 0.935 bits per heavy atom. The first-order valence-corrected chi connectivity index (χ1v) is 10.9. The lowest BCUT2D eigenvalue weighted by Crippen LogP contribution is -2.48. The minimum Gasteiger partial charge on any atom is -0.495 e. The van der Waals surface area contributed by atoms with E-state index >= 15 is 0 Å². The van der Waals surface area contributed by atoms with Gasteiger partial charge in [0.2, 0.25) is 5.88 Å². The lowest BCUT2D eigenvalue weighted by Gasteiger charge is -2.37. The summed E-state index contributed by atoms with van der Waals surface area (Å²) in [6.45, 7) is 6.94. The number of rotatable bonds is 6. The van der Waals surface area contributed by atoms with E-state index in [-0.39, 0.29) is 0 Å². The molecule has 5 rings (SSSR count). The van der Waals surface area contributed by atoms with Crippen LogP contribution in [0.1, 0.15) is 5.56 Å². The second-order valence-electron chi connectivity index (χ2n) is 8.01. The molecule has 2 aliphatic rings. The average molecular weight is 417 g/mol. The molecule has 31 heavy (non-hydrogen) atoms. The summed E-state index contributed by atoms with van der Waals surface area (Å²) >= 11 is 0. The molecule has 0 amide bonds. The Hall–Kier alpha value is -3.25. The summed E-state index contributed by atoms with van der Waals surface area (Å²) in [4.78, 5) is 11.8. The third-order valence-corrected chi connectivity index (χ3v) is 6.16. The Kier molecular flexibility index (Phi) is 5.63. The maximum atomic E-state index is 5.71. The highest BCUT2D eigenvalue weighted by molar-refractivity contribution is 5.75. The summed E-state index contributed by atoms with van der Waals surface area (Å²) in [5, 5.41) is 0. The number of furan rings is 1. The number of nitrogens with zero attached hydrogens (tertiary/aromatic N) is 4. The Morgan fingerprint density at radius 2 is 1.71 bits per heavy atom. The molecular weight excluding hydrogens is 388 g/mol. The molecule has 0 N–H and O–H groups in total. The van der Waals surface area contributed by atoms with Crippen molar-refractivity contribution in [1.82, 2.24) is 9.80 Å². The molecule has 0 bridgehead atoms. The summed E-state index contributed by atoms with van der Waals surface area (Å²) in [7, 11) is 1.74. The van der Waals surface area contributed by atoms with Crippen molar-refractivity contribution in [2.75, 3.05) is 51.3 Å². The number of piperazine rings is 1. The molecule has 2 aliphatic heterocycles. The number of para-hydroxylation sites is 2. The largest absolute Gasteiger partial charge is 0.495 e. The van der Waals surface area contributed by atoms with Crippen molar-refractivity contribution in [2.24, 2.45) is 4.99 Å². The van der Waals surface area contributed by atoms with E-state index in [1.165, 1.54) is 16.8 Å². The molecule has 1 aromatic heterocycles. The first kappa shape index (κ1) is 19.7. The van der Waals surface area contributed by atoms with Crippen LogP contribution in [0.4, 0.5) is 11.6 Å². The van der Waals surface area contributed by atoms with Gasteiger partial charge in [0, 0.05) is 56.9 Å². The summed E-state index contributed by atoms with van der Waals surface area (Å²) in [5.74, 6) is 1.69. The molecule has 3 aromatic rings. The fraction of sp³-hybridized carbons (Fsp3) is 0.320. The van der Waals surface area contributed by atoms with Gasteiger partial charge in [-0.3, -0.25) is 4.90 Å². The molecule has 0 atom stereocenters. The van der Waals surface area contributed by atoms with E-state index in [0.29, 0.717) is 0 Å². The maximum absolute atomic E-state index is 5.71. The molecule has 0 aliphatic carbocycles. The highest BCUT2D eigenvalue weighted by Gasteiger charge is 2.23. The van der Waals surface area contributed by atoms with Gasteiger partial charge in [0.1, 0.15) is 12.0 Å². The zero-order chi connectivity index (χ0) is 21.0. The van der Waals surface area contributed by atoms with Crippen molar-refractivity contribution in [3.63, 3.8) is 0 Å². The topological polar surface area (TPSA) is 44.5 Å². The van der Waals surface area contributed by atoms with Crippen molar-refractivity contribution in [2.45, 2.75) is 6.54 Å². The van der Waals surface area contributed by atoms with Crippen LogP contribution in [0.25, 0.3) is 11.1 Å². The van der Waals surface area contributed by atoms with E-state index < -0.39 is 0 Å². The van der Waals surface area contributed by atoms with Gasteiger partial charge in [0.15, 0.2) is 0 Å². The molecule has 0 radical (unpaired) electrons. The van der Waals surface area contributed by atoms with Gasteiger partial charge in [-0.25, -0.2) is 4.99 Å². The fourth-order valence-electron chi connectivity index (χ4n) is 4.38. The predicted octanol–water partition coefficient (Wildman–Crippen LogP) is 4.25. The Bertz CT molecular complexity index is 1040. The number of hydrogen-bond donors (Lipinski definition) is 0. The molecule has 0 saturated carbocycles. The molecule has 2 aromatic carbocycles. The standard InChI is InChI=1S/C25H28N4O2/c1-30-24-10-6-5-9-23(24)29-15-13-27(14-16-29)11-12-28-17-21-22(18-31-25(21)26-19-28)20-7-3-2-4-8-20/h2-10,18-19H,11-17H2,1H3. The molecule has 1 fully saturated rings. The molecule has 0 spiro atoms. The minimum atomic E-state index is 0.737. The zero-order valence-electron chi connectivity index (χ0n) is 17.9. The second-order valence-corrected chi connectivity index (χ2v) is 8.01. The summed E-state index contributed by atoms with van der Waals surface area (Å²) in [5.41, 5.74) is 4.68. The number of benzene rings is 2. The Balaban J connectivity index is 1.16. The number of anilines is 1. The summed E-state index contributed by atoms with van der Waals surface area (Å²) in [6, 6.07) is 18.7. The lowest BCUT2D eigenvalue weighted by molar-refractivity contribution is 0.232. The van der Waals surface area contributed by atoms with Crippen LogP contribution in [0.15, 0.2) is 70.3 Å². The van der Waals surface area contributed by atoms with Crippen LogP contribution in [0, 0.1) is 0 Å². The minimum absolute atomic E-state index is 0.737. The smallest absolute Gasteiger partial charge is 0.225 e. The van der Waals surface area contributed by atoms with Crippen molar-refractivity contribution >= 4 is 17.9 Å². The lowest BCUT2D eigenvalue weighted by atomic mass is 10.0. The highest BCUT2D eigenvalue weighted by atomic mass is 16.5. The maximum Gasteiger partial charge on any atom is 0.225 e. The van der Waals surface area contributed by atoms with Crippen molar-refractivity contribution in [3.05, 3.63) is 66.4 Å². The van der Waals surface area contributed by atoms with Gasteiger partial charge in [-0.2, -0.15) is 0 Å². The van der Waals surface area contributed by atoms with Gasteiger partial charge in [0.05, 0.1) is 19.1 Å². The molecule has 160 valence electrons. The quantitative estimate of drug-likeness (QED) is 0.601. The van der Waals surface area contributed by atoms with Crippen LogP contribution in [0.3, 0.4) is 0 Å². The first-order chi connectivity index (χ1) is 15.3. The van der Waals surface area contributed by atoms with E-state index in [1.54, 1.807) is 7.11 Å². The second kappa shape index (κ2) is 8.86. The van der Waals surface area contributed by atoms with Crippen molar-refractivity contribution in [3.8, 4) is 16.9 Å². The fourth-order valence-corrected chi connectivity index (χ4v) is 4.38. The monoisotopic (exact) mass is 416 g/mol. The van der Waals surface area contributed by atoms with Crippen LogP contribution in [0.5, 0.6) is 5.75 Å². The van der Waals surface area contributed by atoms with E-state index in [0.717, 1.165) is 63.0 Å². The average Bonchev–Trinajstić information content (AvgIpc) is 3.27. The van der Waals surface area contributed by atoms with Crippen LogP contribution in [0.2, 0.25) is 0 Å². The number of ether oxygens (including phenoxy) is 1. The van der Waals surface area contributed by atoms with Gasteiger partial charge < -0.3 is 19.0 Å². The third kappa shape index (κ3) is 4.16. The number of methoxy groups -OCH3 is 1. The molecular formula is C25H28N4O2. The van der Waals surface area contributed by atoms with Gasteiger partial charge in [-0.1, -0.05) is 42.5 Å². The van der Waals surface area contributed by atoms with E-state index in [4.69, 9.17) is 9.15 Å². The predicted molar refractivity (Wildman–Crippen MR) is 124 cm³/mol. The molecule has 1 saturated heterocycles. The number of hydrogen-bond acceptors (Lipinski definition) is 6. The van der Waals surface area contributed by atoms with Crippen molar-refractivity contribution in [1.29, 1.82) is 0 Å². The molecule has 3 heterocycles. The SMILES string of the molecule is COc1ccccc1N1CCN(CCN2C=Nc3occ(-c4ccccc4)c3C2)CC1. The Labute approximate surface area is 183 Å². The molecule has 0 unspecified atom stereocenters. The van der Waals surface area contributed by atoms with E-state index in [9.17, 15) is 0 Å². The van der Waals surface area contributed by atoms with Gasteiger partial charge in [-0.15, -0.1) is 0 Å². The van der Waals surface area contributed by atoms with E-state index in [1.807, 2.05) is 30.8 Å². The summed E-state index contributed by atoms with van der Waals surface area (Å²) < 4.78 is 11.2.